The number of aliphatic imine (C=N–C) groups is 1. The molecule has 4 nitrogen and oxygen atoms in total. The number of hydrogen-bond donors (Lipinski definition) is 1. The predicted molar refractivity (Wildman–Crippen MR) is 102 cm³/mol. The number of rotatable bonds is 7. The molecule has 1 N–H and O–H groups in total. The maximum absolute atomic E-state index is 12.2. The van der Waals surface area contributed by atoms with Gasteiger partial charge in [0, 0.05) is 49.5 Å². The highest BCUT2D eigenvalue weighted by atomic mass is 32.2. The van der Waals surface area contributed by atoms with E-state index in [1.54, 1.807) is 7.05 Å². The zero-order valence-corrected chi connectivity index (χ0v) is 15.1. The Balaban J connectivity index is 1.76. The van der Waals surface area contributed by atoms with Gasteiger partial charge >= 0.3 is 0 Å². The second-order valence-corrected chi connectivity index (χ2v) is 7.17. The third-order valence-electron chi connectivity index (χ3n) is 3.62. The van der Waals surface area contributed by atoms with E-state index in [9.17, 15) is 4.21 Å². The van der Waals surface area contributed by atoms with E-state index in [0.717, 1.165) is 18.1 Å². The van der Waals surface area contributed by atoms with E-state index >= 15 is 0 Å². The van der Waals surface area contributed by atoms with Gasteiger partial charge in [0.25, 0.3) is 0 Å². The van der Waals surface area contributed by atoms with E-state index in [4.69, 9.17) is 0 Å². The van der Waals surface area contributed by atoms with Gasteiger partial charge in [0.05, 0.1) is 0 Å². The molecular formula is C19H25N3OS. The fourth-order valence-electron chi connectivity index (χ4n) is 2.43. The molecule has 0 aliphatic carbocycles. The average molecular weight is 343 g/mol. The van der Waals surface area contributed by atoms with Crippen molar-refractivity contribution in [1.82, 2.24) is 10.2 Å². The Morgan fingerprint density at radius 1 is 1.04 bits per heavy atom. The molecule has 5 heteroatoms. The highest BCUT2D eigenvalue weighted by Gasteiger charge is 2.07. The summed E-state index contributed by atoms with van der Waals surface area (Å²) in [4.78, 5) is 6.36. The molecule has 0 aromatic heterocycles. The normalized spacial score (nSPS) is 12.7. The maximum atomic E-state index is 12.2. The third kappa shape index (κ3) is 6.16. The lowest BCUT2D eigenvalue weighted by Gasteiger charge is -2.22. The minimum absolute atomic E-state index is 0.598. The Morgan fingerprint density at radius 2 is 1.62 bits per heavy atom. The average Bonchev–Trinajstić information content (AvgIpc) is 2.60. The summed E-state index contributed by atoms with van der Waals surface area (Å²) in [5.41, 5.74) is 2.34. The molecule has 1 atom stereocenters. The fourth-order valence-corrected chi connectivity index (χ4v) is 3.46. The molecule has 1 unspecified atom stereocenters. The quantitative estimate of drug-likeness (QED) is 0.621. The zero-order chi connectivity index (χ0) is 17.2. The highest BCUT2D eigenvalue weighted by Crippen LogP contribution is 2.04. The summed E-state index contributed by atoms with van der Waals surface area (Å²) in [6, 6.07) is 20.2. The van der Waals surface area contributed by atoms with Crippen molar-refractivity contribution in [3.63, 3.8) is 0 Å². The van der Waals surface area contributed by atoms with Crippen molar-refractivity contribution in [3.8, 4) is 0 Å². The highest BCUT2D eigenvalue weighted by molar-refractivity contribution is 7.84. The SMILES string of the molecule is CN=C(NCCS(=O)Cc1ccccc1)N(C)Cc1ccccc1. The summed E-state index contributed by atoms with van der Waals surface area (Å²) in [7, 11) is 2.90. The van der Waals surface area contributed by atoms with Crippen LogP contribution in [-0.2, 0) is 23.1 Å². The predicted octanol–water partition coefficient (Wildman–Crippen LogP) is 2.64. The van der Waals surface area contributed by atoms with Crippen molar-refractivity contribution >= 4 is 16.8 Å². The number of nitrogens with one attached hydrogen (secondary N) is 1. The molecule has 2 aromatic carbocycles. The molecule has 0 bridgehead atoms. The van der Waals surface area contributed by atoms with Crippen LogP contribution in [0.2, 0.25) is 0 Å². The Bertz CT molecular complexity index is 659. The van der Waals surface area contributed by atoms with E-state index < -0.39 is 10.8 Å². The molecule has 0 spiro atoms. The van der Waals surface area contributed by atoms with Gasteiger partial charge in [-0.1, -0.05) is 60.7 Å². The molecule has 2 rings (SSSR count). The van der Waals surface area contributed by atoms with E-state index in [1.165, 1.54) is 5.56 Å². The van der Waals surface area contributed by atoms with Gasteiger partial charge in [-0.3, -0.25) is 9.20 Å². The summed E-state index contributed by atoms with van der Waals surface area (Å²) in [6.07, 6.45) is 0. The van der Waals surface area contributed by atoms with Crippen molar-refractivity contribution in [2.75, 3.05) is 26.4 Å². The molecule has 0 radical (unpaired) electrons. The van der Waals surface area contributed by atoms with Crippen molar-refractivity contribution in [3.05, 3.63) is 71.8 Å². The molecular weight excluding hydrogens is 318 g/mol. The number of hydrogen-bond acceptors (Lipinski definition) is 2. The number of nitrogens with zero attached hydrogens (tertiary/aromatic N) is 2. The molecule has 0 saturated heterocycles. The van der Waals surface area contributed by atoms with Crippen molar-refractivity contribution in [2.45, 2.75) is 12.3 Å². The van der Waals surface area contributed by atoms with E-state index in [0.29, 0.717) is 18.1 Å². The minimum Gasteiger partial charge on any atom is -0.355 e. The summed E-state index contributed by atoms with van der Waals surface area (Å²) in [5.74, 6) is 2.02. The second kappa shape index (κ2) is 9.88. The Labute approximate surface area is 147 Å². The molecule has 128 valence electrons. The van der Waals surface area contributed by atoms with Crippen LogP contribution < -0.4 is 5.32 Å². The first-order valence-corrected chi connectivity index (χ1v) is 9.52. The van der Waals surface area contributed by atoms with Crippen molar-refractivity contribution < 1.29 is 4.21 Å². The Hall–Kier alpha value is -2.14. The van der Waals surface area contributed by atoms with Crippen LogP contribution in [0.4, 0.5) is 0 Å². The van der Waals surface area contributed by atoms with Crippen molar-refractivity contribution in [2.24, 2.45) is 4.99 Å². The lowest BCUT2D eigenvalue weighted by Crippen LogP contribution is -2.40. The first-order chi connectivity index (χ1) is 11.7. The van der Waals surface area contributed by atoms with Crippen LogP contribution in [0.15, 0.2) is 65.7 Å². The summed E-state index contributed by atoms with van der Waals surface area (Å²) >= 11 is 0. The van der Waals surface area contributed by atoms with Crippen LogP contribution in [0.5, 0.6) is 0 Å². The smallest absolute Gasteiger partial charge is 0.193 e. The van der Waals surface area contributed by atoms with Crippen LogP contribution in [0, 0.1) is 0 Å². The van der Waals surface area contributed by atoms with Crippen molar-refractivity contribution in [1.29, 1.82) is 0 Å². The molecule has 0 aliphatic rings. The van der Waals surface area contributed by atoms with Gasteiger partial charge < -0.3 is 10.2 Å². The van der Waals surface area contributed by atoms with E-state index in [-0.39, 0.29) is 0 Å². The molecule has 0 amide bonds. The lowest BCUT2D eigenvalue weighted by molar-refractivity contribution is 0.479. The number of benzene rings is 2. The Kier molecular flexibility index (Phi) is 7.49. The number of guanidine groups is 1. The first kappa shape index (κ1) is 18.2. The first-order valence-electron chi connectivity index (χ1n) is 8.03. The lowest BCUT2D eigenvalue weighted by atomic mass is 10.2. The van der Waals surface area contributed by atoms with Gasteiger partial charge in [-0.05, 0) is 11.1 Å². The van der Waals surface area contributed by atoms with E-state index in [2.05, 4.69) is 27.3 Å². The van der Waals surface area contributed by atoms with Gasteiger partial charge in [-0.2, -0.15) is 0 Å². The minimum atomic E-state index is -0.877. The maximum Gasteiger partial charge on any atom is 0.193 e. The largest absolute Gasteiger partial charge is 0.355 e. The Morgan fingerprint density at radius 3 is 2.21 bits per heavy atom. The molecule has 2 aromatic rings. The zero-order valence-electron chi connectivity index (χ0n) is 14.3. The summed E-state index contributed by atoms with van der Waals surface area (Å²) in [5, 5.41) is 3.29. The summed E-state index contributed by atoms with van der Waals surface area (Å²) in [6.45, 7) is 1.43. The van der Waals surface area contributed by atoms with Crippen LogP contribution in [0.25, 0.3) is 0 Å². The topological polar surface area (TPSA) is 44.7 Å². The fraction of sp³-hybridized carbons (Fsp3) is 0.316. The van der Waals surface area contributed by atoms with Crippen LogP contribution in [0.3, 0.4) is 0 Å². The second-order valence-electron chi connectivity index (χ2n) is 5.59. The van der Waals surface area contributed by atoms with Crippen LogP contribution >= 0.6 is 0 Å². The van der Waals surface area contributed by atoms with Crippen LogP contribution in [-0.4, -0.2) is 41.5 Å². The molecule has 0 saturated carbocycles. The molecule has 0 heterocycles. The molecule has 0 aliphatic heterocycles. The third-order valence-corrected chi connectivity index (χ3v) is 4.93. The molecule has 24 heavy (non-hydrogen) atoms. The van der Waals surface area contributed by atoms with E-state index in [1.807, 2.05) is 55.6 Å². The van der Waals surface area contributed by atoms with Gasteiger partial charge in [0.2, 0.25) is 0 Å². The summed E-state index contributed by atoms with van der Waals surface area (Å²) < 4.78 is 12.2. The van der Waals surface area contributed by atoms with Gasteiger partial charge in [-0.15, -0.1) is 0 Å². The monoisotopic (exact) mass is 343 g/mol. The van der Waals surface area contributed by atoms with Gasteiger partial charge in [-0.25, -0.2) is 0 Å². The standard InChI is InChI=1S/C19H25N3OS/c1-20-19(22(2)15-17-9-5-3-6-10-17)21-13-14-24(23)16-18-11-7-4-8-12-18/h3-12H,13-16H2,1-2H3,(H,20,21). The molecule has 0 fully saturated rings. The van der Waals surface area contributed by atoms with Crippen LogP contribution in [0.1, 0.15) is 11.1 Å². The van der Waals surface area contributed by atoms with Gasteiger partial charge in [0.1, 0.15) is 0 Å². The van der Waals surface area contributed by atoms with Gasteiger partial charge in [0.15, 0.2) is 5.96 Å².